The molecule has 0 fully saturated rings. The Labute approximate surface area is 156 Å². The van der Waals surface area contributed by atoms with Crippen molar-refractivity contribution >= 4 is 33.7 Å². The van der Waals surface area contributed by atoms with Gasteiger partial charge >= 0.3 is 0 Å². The van der Waals surface area contributed by atoms with E-state index < -0.39 is 4.92 Å². The number of nitrogens with one attached hydrogen (secondary N) is 1. The quantitative estimate of drug-likeness (QED) is 0.381. The van der Waals surface area contributed by atoms with Crippen molar-refractivity contribution in [3.63, 3.8) is 0 Å². The number of para-hydroxylation sites is 1. The molecular weight excluding hydrogens is 402 g/mol. The van der Waals surface area contributed by atoms with Crippen LogP contribution in [-0.2, 0) is 0 Å². The third-order valence-corrected chi connectivity index (χ3v) is 3.99. The molecule has 1 heterocycles. The molecule has 0 aliphatic heterocycles. The monoisotopic (exact) mass is 413 g/mol. The Bertz CT molecular complexity index is 980. The normalized spacial score (nSPS) is 10.8. The predicted octanol–water partition coefficient (Wildman–Crippen LogP) is 4.38. The smallest absolute Gasteiger partial charge is 0.280 e. The summed E-state index contributed by atoms with van der Waals surface area (Å²) in [5.41, 5.74) is 3.18. The lowest BCUT2D eigenvalue weighted by molar-refractivity contribution is -0.384. The molecule has 1 amide bonds. The highest BCUT2D eigenvalue weighted by atomic mass is 79.9. The summed E-state index contributed by atoms with van der Waals surface area (Å²) in [4.78, 5) is 22.6. The maximum Gasteiger partial charge on any atom is 0.280 e. The van der Waals surface area contributed by atoms with Gasteiger partial charge in [-0.15, -0.1) is 0 Å². The zero-order valence-electron chi connectivity index (χ0n) is 13.3. The Morgan fingerprint density at radius 2 is 1.85 bits per heavy atom. The lowest BCUT2D eigenvalue weighted by Crippen LogP contribution is -2.17. The summed E-state index contributed by atoms with van der Waals surface area (Å²) in [7, 11) is 0. The fourth-order valence-corrected chi connectivity index (χ4v) is 2.49. The minimum atomic E-state index is -0.468. The number of rotatable bonds is 5. The summed E-state index contributed by atoms with van der Waals surface area (Å²) in [6, 6.07) is 16.3. The van der Waals surface area contributed by atoms with E-state index in [0.29, 0.717) is 22.6 Å². The third kappa shape index (κ3) is 4.04. The number of halogens is 1. The maximum absolute atomic E-state index is 11.9. The number of hydrogen-bond donors (Lipinski definition) is 1. The van der Waals surface area contributed by atoms with Gasteiger partial charge in [0.2, 0.25) is 0 Å². The third-order valence-electron chi connectivity index (χ3n) is 3.46. The molecule has 26 heavy (non-hydrogen) atoms. The molecule has 0 radical (unpaired) electrons. The van der Waals surface area contributed by atoms with Crippen LogP contribution in [0, 0.1) is 10.1 Å². The zero-order valence-corrected chi connectivity index (χ0v) is 14.8. The minimum Gasteiger partial charge on any atom is -0.455 e. The number of nitrogens with zero attached hydrogens (tertiary/aromatic N) is 2. The van der Waals surface area contributed by atoms with Crippen molar-refractivity contribution in [3.05, 3.63) is 86.6 Å². The number of benzene rings is 2. The van der Waals surface area contributed by atoms with E-state index in [2.05, 4.69) is 26.5 Å². The van der Waals surface area contributed by atoms with Gasteiger partial charge in [-0.25, -0.2) is 5.43 Å². The Hall–Kier alpha value is -3.26. The number of nitro groups is 1. The first kappa shape index (κ1) is 17.6. The van der Waals surface area contributed by atoms with Crippen molar-refractivity contribution in [2.75, 3.05) is 0 Å². The van der Waals surface area contributed by atoms with Gasteiger partial charge in [-0.05, 0) is 42.5 Å². The number of hydrazone groups is 1. The van der Waals surface area contributed by atoms with Gasteiger partial charge in [0.25, 0.3) is 11.6 Å². The number of carbonyl (C=O) groups is 1. The van der Waals surface area contributed by atoms with Crippen molar-refractivity contribution in [2.45, 2.75) is 0 Å². The van der Waals surface area contributed by atoms with Crippen LogP contribution in [0.15, 0.2) is 74.7 Å². The maximum atomic E-state index is 11.9. The first-order valence-corrected chi connectivity index (χ1v) is 8.26. The highest BCUT2D eigenvalue weighted by Gasteiger charge is 2.16. The highest BCUT2D eigenvalue weighted by molar-refractivity contribution is 9.10. The molecule has 130 valence electrons. The van der Waals surface area contributed by atoms with Crippen LogP contribution in [0.5, 0.6) is 0 Å². The van der Waals surface area contributed by atoms with Crippen LogP contribution in [0.1, 0.15) is 16.1 Å². The van der Waals surface area contributed by atoms with E-state index in [-0.39, 0.29) is 11.6 Å². The molecule has 0 aliphatic rings. The van der Waals surface area contributed by atoms with Crippen LogP contribution in [-0.4, -0.2) is 17.0 Å². The van der Waals surface area contributed by atoms with E-state index in [1.807, 2.05) is 0 Å². The molecule has 0 saturated heterocycles. The first-order chi connectivity index (χ1) is 12.5. The van der Waals surface area contributed by atoms with Crippen molar-refractivity contribution in [1.82, 2.24) is 5.43 Å². The topological polar surface area (TPSA) is 97.7 Å². The van der Waals surface area contributed by atoms with Crippen molar-refractivity contribution in [1.29, 1.82) is 0 Å². The molecule has 0 spiro atoms. The molecule has 0 saturated carbocycles. The average molecular weight is 414 g/mol. The SMILES string of the molecule is O=C(NN=Cc1ccc(-c2ccccc2[N+](=O)[O-])o1)c1ccc(Br)cc1. The van der Waals surface area contributed by atoms with Crippen LogP contribution >= 0.6 is 15.9 Å². The lowest BCUT2D eigenvalue weighted by Gasteiger charge is -1.99. The Kier molecular flexibility index (Phi) is 5.23. The summed E-state index contributed by atoms with van der Waals surface area (Å²) in [5.74, 6) is 0.339. The zero-order chi connectivity index (χ0) is 18.5. The Morgan fingerprint density at radius 1 is 1.12 bits per heavy atom. The fraction of sp³-hybridized carbons (Fsp3) is 0. The van der Waals surface area contributed by atoms with Crippen LogP contribution in [0.2, 0.25) is 0 Å². The molecule has 1 aromatic heterocycles. The molecular formula is C18H12BrN3O4. The van der Waals surface area contributed by atoms with E-state index in [1.165, 1.54) is 12.3 Å². The number of carbonyl (C=O) groups excluding carboxylic acids is 1. The van der Waals surface area contributed by atoms with E-state index in [4.69, 9.17) is 4.42 Å². The van der Waals surface area contributed by atoms with E-state index in [0.717, 1.165) is 4.47 Å². The summed E-state index contributed by atoms with van der Waals surface area (Å²) < 4.78 is 6.42. The molecule has 1 N–H and O–H groups in total. The number of furan rings is 1. The van der Waals surface area contributed by atoms with Crippen LogP contribution in [0.3, 0.4) is 0 Å². The second-order valence-electron chi connectivity index (χ2n) is 5.18. The van der Waals surface area contributed by atoms with E-state index in [1.54, 1.807) is 54.6 Å². The fourth-order valence-electron chi connectivity index (χ4n) is 2.23. The molecule has 3 rings (SSSR count). The second-order valence-corrected chi connectivity index (χ2v) is 6.10. The molecule has 2 aromatic carbocycles. The largest absolute Gasteiger partial charge is 0.455 e. The molecule has 8 heteroatoms. The van der Waals surface area contributed by atoms with Crippen LogP contribution in [0.4, 0.5) is 5.69 Å². The van der Waals surface area contributed by atoms with E-state index in [9.17, 15) is 14.9 Å². The average Bonchev–Trinajstić information content (AvgIpc) is 3.11. The first-order valence-electron chi connectivity index (χ1n) is 7.47. The Balaban J connectivity index is 1.71. The lowest BCUT2D eigenvalue weighted by atomic mass is 10.1. The van der Waals surface area contributed by atoms with Crippen molar-refractivity contribution < 1.29 is 14.1 Å². The summed E-state index contributed by atoms with van der Waals surface area (Å²) in [5, 5.41) is 14.9. The van der Waals surface area contributed by atoms with Crippen molar-refractivity contribution in [2.24, 2.45) is 5.10 Å². The molecule has 3 aromatic rings. The van der Waals surface area contributed by atoms with Gasteiger partial charge in [0.05, 0.1) is 16.7 Å². The van der Waals surface area contributed by atoms with Crippen molar-refractivity contribution in [3.8, 4) is 11.3 Å². The van der Waals surface area contributed by atoms with Crippen LogP contribution < -0.4 is 5.43 Å². The summed E-state index contributed by atoms with van der Waals surface area (Å²) in [6.07, 6.45) is 1.33. The van der Waals surface area contributed by atoms with Gasteiger partial charge in [-0.1, -0.05) is 28.1 Å². The number of amides is 1. The van der Waals surface area contributed by atoms with Gasteiger partial charge in [0, 0.05) is 16.1 Å². The molecule has 0 aliphatic carbocycles. The van der Waals surface area contributed by atoms with Gasteiger partial charge in [0.1, 0.15) is 11.5 Å². The highest BCUT2D eigenvalue weighted by Crippen LogP contribution is 2.30. The Morgan fingerprint density at radius 3 is 2.58 bits per heavy atom. The van der Waals surface area contributed by atoms with Gasteiger partial charge < -0.3 is 4.42 Å². The van der Waals surface area contributed by atoms with Crippen LogP contribution in [0.25, 0.3) is 11.3 Å². The molecule has 0 atom stereocenters. The number of nitro benzene ring substituents is 1. The molecule has 7 nitrogen and oxygen atoms in total. The summed E-state index contributed by atoms with van der Waals surface area (Å²) in [6.45, 7) is 0. The van der Waals surface area contributed by atoms with E-state index >= 15 is 0 Å². The molecule has 0 unspecified atom stereocenters. The molecule has 0 bridgehead atoms. The standard InChI is InChI=1S/C18H12BrN3O4/c19-13-7-5-12(6-8-13)18(23)21-20-11-14-9-10-17(26-14)15-3-1-2-4-16(15)22(24)25/h1-11H,(H,21,23). The van der Waals surface area contributed by atoms with Gasteiger partial charge in [-0.2, -0.15) is 5.10 Å². The second kappa shape index (κ2) is 7.75. The minimum absolute atomic E-state index is 0.0473. The summed E-state index contributed by atoms with van der Waals surface area (Å²) >= 11 is 3.30. The number of hydrogen-bond acceptors (Lipinski definition) is 5. The van der Waals surface area contributed by atoms with Gasteiger partial charge in [0.15, 0.2) is 0 Å². The predicted molar refractivity (Wildman–Crippen MR) is 100 cm³/mol. The van der Waals surface area contributed by atoms with Gasteiger partial charge in [-0.3, -0.25) is 14.9 Å².